The largest absolute Gasteiger partial charge is 0.496 e. The van der Waals surface area contributed by atoms with Gasteiger partial charge in [0.2, 0.25) is 0 Å². The molecule has 2 rings (SSSR count). The second-order valence-corrected chi connectivity index (χ2v) is 4.28. The molecule has 0 amide bonds. The molecule has 18 heavy (non-hydrogen) atoms. The normalized spacial score (nSPS) is 12.3. The molecule has 2 N–H and O–H groups in total. The van der Waals surface area contributed by atoms with Crippen LogP contribution < -0.4 is 10.1 Å². The summed E-state index contributed by atoms with van der Waals surface area (Å²) in [7, 11) is 1.72. The predicted octanol–water partition coefficient (Wildman–Crippen LogP) is 3.26. The summed E-state index contributed by atoms with van der Waals surface area (Å²) in [5.74, 6) is 0.948. The van der Waals surface area contributed by atoms with E-state index in [1.165, 1.54) is 11.3 Å². The van der Waals surface area contributed by atoms with Gasteiger partial charge < -0.3 is 15.0 Å². The molecule has 0 aliphatic rings. The van der Waals surface area contributed by atoms with Crippen LogP contribution in [0.15, 0.2) is 42.6 Å². The number of hydrogen-bond donors (Lipinski definition) is 2. The Morgan fingerprint density at radius 3 is 2.72 bits per heavy atom. The van der Waals surface area contributed by atoms with Crippen LogP contribution in [0.3, 0.4) is 0 Å². The summed E-state index contributed by atoms with van der Waals surface area (Å²) < 4.78 is 5.42. The van der Waals surface area contributed by atoms with E-state index in [4.69, 9.17) is 4.74 Å². The Morgan fingerprint density at radius 1 is 1.22 bits per heavy atom. The Kier molecular flexibility index (Phi) is 4.42. The first-order chi connectivity index (χ1) is 8.85. The van der Waals surface area contributed by atoms with Crippen LogP contribution in [-0.4, -0.2) is 12.1 Å². The molecule has 1 aromatic heterocycles. The molecular weight excluding hydrogens is 224 g/mol. The zero-order valence-electron chi connectivity index (χ0n) is 10.9. The Morgan fingerprint density at radius 2 is 2.06 bits per heavy atom. The number of ether oxygens (including phenoxy) is 1. The van der Waals surface area contributed by atoms with E-state index in [1.807, 2.05) is 24.4 Å². The third kappa shape index (κ3) is 2.93. The fourth-order valence-corrected chi connectivity index (χ4v) is 2.14. The quantitative estimate of drug-likeness (QED) is 0.818. The molecule has 0 fully saturated rings. The first-order valence-electron chi connectivity index (χ1n) is 6.33. The summed E-state index contributed by atoms with van der Waals surface area (Å²) in [5.41, 5.74) is 2.41. The van der Waals surface area contributed by atoms with Gasteiger partial charge in [-0.2, -0.15) is 0 Å². The van der Waals surface area contributed by atoms with Gasteiger partial charge in [-0.25, -0.2) is 0 Å². The number of methoxy groups -OCH3 is 1. The van der Waals surface area contributed by atoms with Crippen molar-refractivity contribution in [3.05, 3.63) is 53.9 Å². The minimum absolute atomic E-state index is 0.310. The maximum atomic E-state index is 5.42. The molecule has 0 aliphatic carbocycles. The van der Waals surface area contributed by atoms with Crippen LogP contribution >= 0.6 is 0 Å². The molecule has 0 bridgehead atoms. The molecule has 0 aliphatic heterocycles. The highest BCUT2D eigenvalue weighted by Gasteiger charge is 2.13. The van der Waals surface area contributed by atoms with Gasteiger partial charge in [-0.3, -0.25) is 0 Å². The molecule has 0 spiro atoms. The number of H-pyrrole nitrogens is 1. The molecule has 2 aromatic rings. The van der Waals surface area contributed by atoms with Gasteiger partial charge in [0.1, 0.15) is 5.75 Å². The van der Waals surface area contributed by atoms with Gasteiger partial charge in [0, 0.05) is 30.0 Å². The molecule has 1 atom stereocenters. The Balaban J connectivity index is 2.08. The molecule has 1 aromatic carbocycles. The standard InChI is InChI=1S/C15H20N2O/c1-3-14(17-11-12-7-6-10-16-12)13-8-4-5-9-15(13)18-2/h4-10,14,16-17H,3,11H2,1-2H3. The number of para-hydroxylation sites is 1. The molecule has 1 unspecified atom stereocenters. The van der Waals surface area contributed by atoms with E-state index in [-0.39, 0.29) is 0 Å². The lowest BCUT2D eigenvalue weighted by molar-refractivity contribution is 0.396. The van der Waals surface area contributed by atoms with Gasteiger partial charge in [0.15, 0.2) is 0 Å². The number of rotatable bonds is 6. The monoisotopic (exact) mass is 244 g/mol. The SMILES string of the molecule is CCC(NCc1ccc[nH]1)c1ccccc1OC. The van der Waals surface area contributed by atoms with Gasteiger partial charge in [-0.05, 0) is 24.6 Å². The highest BCUT2D eigenvalue weighted by Crippen LogP contribution is 2.26. The average molecular weight is 244 g/mol. The van der Waals surface area contributed by atoms with Crippen molar-refractivity contribution in [1.82, 2.24) is 10.3 Å². The van der Waals surface area contributed by atoms with Crippen LogP contribution in [0.2, 0.25) is 0 Å². The molecule has 0 radical (unpaired) electrons. The van der Waals surface area contributed by atoms with Crippen molar-refractivity contribution in [1.29, 1.82) is 0 Å². The van der Waals surface area contributed by atoms with Gasteiger partial charge in [0.05, 0.1) is 7.11 Å². The summed E-state index contributed by atoms with van der Waals surface area (Å²) in [6.45, 7) is 3.02. The van der Waals surface area contributed by atoms with Crippen LogP contribution in [0.1, 0.15) is 30.6 Å². The summed E-state index contributed by atoms with van der Waals surface area (Å²) in [6.07, 6.45) is 2.97. The van der Waals surface area contributed by atoms with E-state index in [0.717, 1.165) is 18.7 Å². The molecular formula is C15H20N2O. The second-order valence-electron chi connectivity index (χ2n) is 4.28. The highest BCUT2D eigenvalue weighted by atomic mass is 16.5. The zero-order valence-corrected chi connectivity index (χ0v) is 10.9. The fraction of sp³-hybridized carbons (Fsp3) is 0.333. The van der Waals surface area contributed by atoms with Gasteiger partial charge >= 0.3 is 0 Å². The Bertz CT molecular complexity index is 465. The number of aromatic nitrogens is 1. The first kappa shape index (κ1) is 12.7. The first-order valence-corrected chi connectivity index (χ1v) is 6.33. The fourth-order valence-electron chi connectivity index (χ4n) is 2.14. The lowest BCUT2D eigenvalue weighted by atomic mass is 10.0. The van der Waals surface area contributed by atoms with Gasteiger partial charge in [0.25, 0.3) is 0 Å². The van der Waals surface area contributed by atoms with E-state index in [0.29, 0.717) is 6.04 Å². The van der Waals surface area contributed by atoms with Crippen LogP contribution in [0, 0.1) is 0 Å². The second kappa shape index (κ2) is 6.26. The summed E-state index contributed by atoms with van der Waals surface area (Å²) in [5, 5.41) is 3.55. The third-order valence-electron chi connectivity index (χ3n) is 3.12. The molecule has 0 saturated heterocycles. The smallest absolute Gasteiger partial charge is 0.123 e. The van der Waals surface area contributed by atoms with Crippen LogP contribution in [0.25, 0.3) is 0 Å². The molecule has 3 heteroatoms. The van der Waals surface area contributed by atoms with E-state index >= 15 is 0 Å². The van der Waals surface area contributed by atoms with Crippen molar-refractivity contribution < 1.29 is 4.74 Å². The molecule has 96 valence electrons. The Hall–Kier alpha value is -1.74. The minimum atomic E-state index is 0.310. The molecule has 1 heterocycles. The van der Waals surface area contributed by atoms with E-state index < -0.39 is 0 Å². The number of aromatic amines is 1. The number of benzene rings is 1. The number of hydrogen-bond acceptors (Lipinski definition) is 2. The zero-order chi connectivity index (χ0) is 12.8. The lowest BCUT2D eigenvalue weighted by Crippen LogP contribution is -2.21. The van der Waals surface area contributed by atoms with Gasteiger partial charge in [-0.1, -0.05) is 25.1 Å². The third-order valence-corrected chi connectivity index (χ3v) is 3.12. The number of nitrogens with one attached hydrogen (secondary N) is 2. The van der Waals surface area contributed by atoms with Crippen molar-refractivity contribution in [2.45, 2.75) is 25.9 Å². The topological polar surface area (TPSA) is 37.0 Å². The van der Waals surface area contributed by atoms with Crippen LogP contribution in [0.5, 0.6) is 5.75 Å². The molecule has 0 saturated carbocycles. The maximum absolute atomic E-state index is 5.42. The average Bonchev–Trinajstić information content (AvgIpc) is 2.93. The van der Waals surface area contributed by atoms with Crippen molar-refractivity contribution in [3.8, 4) is 5.75 Å². The minimum Gasteiger partial charge on any atom is -0.496 e. The highest BCUT2D eigenvalue weighted by molar-refractivity contribution is 5.35. The van der Waals surface area contributed by atoms with Crippen molar-refractivity contribution in [3.63, 3.8) is 0 Å². The summed E-state index contributed by atoms with van der Waals surface area (Å²) >= 11 is 0. The van der Waals surface area contributed by atoms with E-state index in [9.17, 15) is 0 Å². The van der Waals surface area contributed by atoms with Crippen molar-refractivity contribution in [2.24, 2.45) is 0 Å². The van der Waals surface area contributed by atoms with Crippen LogP contribution in [0.4, 0.5) is 0 Å². The maximum Gasteiger partial charge on any atom is 0.123 e. The summed E-state index contributed by atoms with van der Waals surface area (Å²) in [6, 6.07) is 12.6. The summed E-state index contributed by atoms with van der Waals surface area (Å²) in [4.78, 5) is 3.20. The Labute approximate surface area is 108 Å². The van der Waals surface area contributed by atoms with Crippen molar-refractivity contribution >= 4 is 0 Å². The lowest BCUT2D eigenvalue weighted by Gasteiger charge is -2.19. The van der Waals surface area contributed by atoms with Crippen molar-refractivity contribution in [2.75, 3.05) is 7.11 Å². The molecule has 3 nitrogen and oxygen atoms in total. The van der Waals surface area contributed by atoms with Crippen LogP contribution in [-0.2, 0) is 6.54 Å². The van der Waals surface area contributed by atoms with Gasteiger partial charge in [-0.15, -0.1) is 0 Å². The van der Waals surface area contributed by atoms with E-state index in [2.05, 4.69) is 35.4 Å². The van der Waals surface area contributed by atoms with E-state index in [1.54, 1.807) is 7.11 Å². The predicted molar refractivity (Wildman–Crippen MR) is 73.7 cm³/mol.